The number of piperazine rings is 1. The lowest BCUT2D eigenvalue weighted by molar-refractivity contribution is -0.385. The first-order valence-corrected chi connectivity index (χ1v) is 10.8. The second-order valence-electron chi connectivity index (χ2n) is 8.27. The number of anilines is 1. The van der Waals surface area contributed by atoms with Crippen molar-refractivity contribution in [1.29, 1.82) is 0 Å². The van der Waals surface area contributed by atoms with Crippen molar-refractivity contribution >= 4 is 22.1 Å². The molecule has 0 aliphatic carbocycles. The monoisotopic (exact) mass is 477 g/mol. The Bertz CT molecular complexity index is 1190. The number of benzene rings is 3. The maximum absolute atomic E-state index is 14.0. The van der Waals surface area contributed by atoms with Gasteiger partial charge in [-0.25, -0.2) is 4.39 Å². The van der Waals surface area contributed by atoms with Gasteiger partial charge in [0.05, 0.1) is 16.6 Å². The average Bonchev–Trinajstić information content (AvgIpc) is 2.82. The molecule has 3 aromatic carbocycles. The van der Waals surface area contributed by atoms with Crippen LogP contribution in [0.2, 0.25) is 0 Å². The lowest BCUT2D eigenvalue weighted by Gasteiger charge is -2.37. The Kier molecular flexibility index (Phi) is 6.72. The molecule has 3 aromatic rings. The van der Waals surface area contributed by atoms with Gasteiger partial charge in [-0.3, -0.25) is 15.0 Å². The highest BCUT2D eigenvalue weighted by atomic mass is 19.4. The number of fused-ring (bicyclic) bond motifs is 1. The van der Waals surface area contributed by atoms with Crippen LogP contribution in [0, 0.1) is 15.9 Å². The van der Waals surface area contributed by atoms with Crippen LogP contribution in [-0.2, 0) is 6.18 Å². The normalized spacial score (nSPS) is 16.1. The molecular formula is C24H23F4N3O3. The fraction of sp³-hybridized carbons (Fsp3) is 0.333. The van der Waals surface area contributed by atoms with E-state index in [4.69, 9.17) is 0 Å². The van der Waals surface area contributed by atoms with Crippen molar-refractivity contribution in [3.05, 3.63) is 81.7 Å². The Morgan fingerprint density at radius 3 is 2.32 bits per heavy atom. The van der Waals surface area contributed by atoms with E-state index in [1.165, 1.54) is 6.07 Å². The van der Waals surface area contributed by atoms with Crippen LogP contribution in [0.5, 0.6) is 0 Å². The molecule has 34 heavy (non-hydrogen) atoms. The fourth-order valence-electron chi connectivity index (χ4n) is 4.39. The van der Waals surface area contributed by atoms with E-state index >= 15 is 0 Å². The van der Waals surface area contributed by atoms with Crippen molar-refractivity contribution in [3.63, 3.8) is 0 Å². The van der Waals surface area contributed by atoms with Gasteiger partial charge in [0.15, 0.2) is 0 Å². The number of aliphatic hydroxyl groups excluding tert-OH is 1. The molecule has 180 valence electrons. The largest absolute Gasteiger partial charge is 0.418 e. The molecular weight excluding hydrogens is 454 g/mol. The van der Waals surface area contributed by atoms with Gasteiger partial charge in [-0.2, -0.15) is 13.2 Å². The van der Waals surface area contributed by atoms with Crippen molar-refractivity contribution < 1.29 is 27.6 Å². The van der Waals surface area contributed by atoms with Gasteiger partial charge in [-0.1, -0.05) is 30.3 Å². The number of aliphatic hydroxyl groups is 1. The molecule has 0 radical (unpaired) electrons. The van der Waals surface area contributed by atoms with E-state index in [1.54, 1.807) is 35.2 Å². The third-order valence-electron chi connectivity index (χ3n) is 6.19. The summed E-state index contributed by atoms with van der Waals surface area (Å²) in [4.78, 5) is 13.7. The highest BCUT2D eigenvalue weighted by molar-refractivity contribution is 5.86. The van der Waals surface area contributed by atoms with Crippen LogP contribution in [0.3, 0.4) is 0 Å². The molecule has 4 rings (SSSR count). The van der Waals surface area contributed by atoms with Gasteiger partial charge in [0.1, 0.15) is 5.82 Å². The van der Waals surface area contributed by atoms with E-state index < -0.39 is 28.5 Å². The second kappa shape index (κ2) is 9.55. The zero-order chi connectivity index (χ0) is 24.5. The molecule has 1 unspecified atom stereocenters. The quantitative estimate of drug-likeness (QED) is 0.302. The van der Waals surface area contributed by atoms with Crippen molar-refractivity contribution in [2.24, 2.45) is 0 Å². The summed E-state index contributed by atoms with van der Waals surface area (Å²) < 4.78 is 54.6. The molecule has 0 spiro atoms. The standard InChI is InChI=1S/C24H23F4N3O3/c25-21-7-6-19(17-3-1-2-4-18(17)21)23(32)9-10-29-11-13-30(14-12-29)22-8-5-16(31(33)34)15-20(22)24(26,27)28/h1-8,15,23,32H,9-14H2. The minimum atomic E-state index is -4.71. The Morgan fingerprint density at radius 2 is 1.68 bits per heavy atom. The number of nitrogens with zero attached hydrogens (tertiary/aromatic N) is 3. The predicted molar refractivity (Wildman–Crippen MR) is 120 cm³/mol. The molecule has 0 saturated carbocycles. The average molecular weight is 477 g/mol. The number of alkyl halides is 3. The Morgan fingerprint density at radius 1 is 1.00 bits per heavy atom. The molecule has 1 heterocycles. The molecule has 1 atom stereocenters. The summed E-state index contributed by atoms with van der Waals surface area (Å²) in [6, 6.07) is 12.7. The lowest BCUT2D eigenvalue weighted by atomic mass is 9.98. The minimum Gasteiger partial charge on any atom is -0.388 e. The number of non-ortho nitro benzene ring substituents is 1. The number of nitro groups is 1. The highest BCUT2D eigenvalue weighted by Crippen LogP contribution is 2.39. The molecule has 6 nitrogen and oxygen atoms in total. The van der Waals surface area contributed by atoms with Crippen LogP contribution in [0.25, 0.3) is 10.8 Å². The molecule has 1 saturated heterocycles. The van der Waals surface area contributed by atoms with Crippen LogP contribution in [0.15, 0.2) is 54.6 Å². The first-order chi connectivity index (χ1) is 16.1. The first-order valence-electron chi connectivity index (χ1n) is 10.8. The van der Waals surface area contributed by atoms with E-state index in [0.717, 1.165) is 12.1 Å². The van der Waals surface area contributed by atoms with Crippen LogP contribution in [0.4, 0.5) is 28.9 Å². The van der Waals surface area contributed by atoms with Gasteiger partial charge < -0.3 is 10.0 Å². The highest BCUT2D eigenvalue weighted by Gasteiger charge is 2.37. The Balaban J connectivity index is 1.40. The third kappa shape index (κ3) is 4.97. The number of hydrogen-bond acceptors (Lipinski definition) is 5. The second-order valence-corrected chi connectivity index (χ2v) is 8.27. The molecule has 0 bridgehead atoms. The maximum atomic E-state index is 14.0. The van der Waals surface area contributed by atoms with Crippen LogP contribution < -0.4 is 4.90 Å². The van der Waals surface area contributed by atoms with Gasteiger partial charge in [-0.05, 0) is 29.5 Å². The van der Waals surface area contributed by atoms with Gasteiger partial charge in [-0.15, -0.1) is 0 Å². The summed E-state index contributed by atoms with van der Waals surface area (Å²) in [5, 5.41) is 22.7. The molecule has 1 N–H and O–H groups in total. The zero-order valence-electron chi connectivity index (χ0n) is 18.1. The summed E-state index contributed by atoms with van der Waals surface area (Å²) in [6.07, 6.45) is -5.13. The summed E-state index contributed by atoms with van der Waals surface area (Å²) in [7, 11) is 0. The zero-order valence-corrected chi connectivity index (χ0v) is 18.1. The van der Waals surface area contributed by atoms with E-state index in [2.05, 4.69) is 0 Å². The van der Waals surface area contributed by atoms with Gasteiger partial charge in [0.25, 0.3) is 5.69 Å². The van der Waals surface area contributed by atoms with Gasteiger partial charge in [0, 0.05) is 55.9 Å². The van der Waals surface area contributed by atoms with Gasteiger partial charge >= 0.3 is 6.18 Å². The summed E-state index contributed by atoms with van der Waals surface area (Å²) in [5.74, 6) is -0.354. The molecule has 1 aliphatic rings. The number of rotatable bonds is 6. The lowest BCUT2D eigenvalue weighted by Crippen LogP contribution is -2.47. The molecule has 1 fully saturated rings. The number of hydrogen-bond donors (Lipinski definition) is 1. The molecule has 0 amide bonds. The SMILES string of the molecule is O=[N+]([O-])c1ccc(N2CCN(CCC(O)c3ccc(F)c4ccccc34)CC2)c(C(F)(F)F)c1. The summed E-state index contributed by atoms with van der Waals surface area (Å²) >= 11 is 0. The smallest absolute Gasteiger partial charge is 0.388 e. The summed E-state index contributed by atoms with van der Waals surface area (Å²) in [5.41, 5.74) is -1.06. The van der Waals surface area contributed by atoms with Crippen molar-refractivity contribution in [2.45, 2.75) is 18.7 Å². The predicted octanol–water partition coefficient (Wildman–Crippen LogP) is 5.15. The number of nitro benzene ring substituents is 1. The van der Waals surface area contributed by atoms with Crippen LogP contribution >= 0.6 is 0 Å². The van der Waals surface area contributed by atoms with Crippen molar-refractivity contribution in [2.75, 3.05) is 37.6 Å². The van der Waals surface area contributed by atoms with E-state index in [1.807, 2.05) is 4.90 Å². The fourth-order valence-corrected chi connectivity index (χ4v) is 4.39. The van der Waals surface area contributed by atoms with Crippen LogP contribution in [0.1, 0.15) is 23.7 Å². The van der Waals surface area contributed by atoms with Crippen molar-refractivity contribution in [3.8, 4) is 0 Å². The minimum absolute atomic E-state index is 0.0735. The number of halogens is 4. The van der Waals surface area contributed by atoms with E-state index in [0.29, 0.717) is 61.5 Å². The maximum Gasteiger partial charge on any atom is 0.418 e. The van der Waals surface area contributed by atoms with Crippen LogP contribution in [-0.4, -0.2) is 47.7 Å². The van der Waals surface area contributed by atoms with E-state index in [-0.39, 0.29) is 11.5 Å². The molecule has 0 aromatic heterocycles. The third-order valence-corrected chi connectivity index (χ3v) is 6.19. The van der Waals surface area contributed by atoms with E-state index in [9.17, 15) is 32.8 Å². The Labute approximate surface area is 193 Å². The van der Waals surface area contributed by atoms with Gasteiger partial charge in [0.2, 0.25) is 0 Å². The topological polar surface area (TPSA) is 69.9 Å². The first kappa shape index (κ1) is 23.9. The molecule has 1 aliphatic heterocycles. The van der Waals surface area contributed by atoms with Crippen molar-refractivity contribution in [1.82, 2.24) is 4.90 Å². The Hall–Kier alpha value is -3.24. The molecule has 10 heteroatoms. The summed E-state index contributed by atoms with van der Waals surface area (Å²) in [6.45, 7) is 2.11.